The van der Waals surface area contributed by atoms with Crippen molar-refractivity contribution in [2.24, 2.45) is 0 Å². The third kappa shape index (κ3) is 5.29. The Morgan fingerprint density at radius 3 is 2.41 bits per heavy atom. The molecule has 0 atom stereocenters. The minimum atomic E-state index is -3.92. The second-order valence-electron chi connectivity index (χ2n) is 5.52. The molecule has 1 amide bonds. The van der Waals surface area contributed by atoms with E-state index < -0.39 is 10.1 Å². The van der Waals surface area contributed by atoms with Crippen LogP contribution in [0.1, 0.15) is 0 Å². The van der Waals surface area contributed by atoms with Gasteiger partial charge in [0.1, 0.15) is 10.6 Å². The van der Waals surface area contributed by atoms with Crippen LogP contribution in [0.3, 0.4) is 0 Å². The van der Waals surface area contributed by atoms with Gasteiger partial charge in [0.15, 0.2) is 0 Å². The molecule has 3 aromatic rings. The highest BCUT2D eigenvalue weighted by molar-refractivity contribution is 7.87. The second kappa shape index (κ2) is 8.33. The van der Waals surface area contributed by atoms with Crippen LogP contribution in [0.2, 0.25) is 0 Å². The summed E-state index contributed by atoms with van der Waals surface area (Å²) < 4.78 is 29.7. The van der Waals surface area contributed by atoms with Crippen molar-refractivity contribution in [3.63, 3.8) is 0 Å². The van der Waals surface area contributed by atoms with Crippen molar-refractivity contribution in [2.45, 2.75) is 4.90 Å². The number of anilines is 2. The van der Waals surface area contributed by atoms with E-state index in [2.05, 4.69) is 15.6 Å². The number of hydrogen-bond acceptors (Lipinski definition) is 6. The molecule has 7 nitrogen and oxygen atoms in total. The molecule has 0 bridgehead atoms. The predicted molar refractivity (Wildman–Crippen MR) is 102 cm³/mol. The summed E-state index contributed by atoms with van der Waals surface area (Å²) in [4.78, 5) is 15.9. The van der Waals surface area contributed by atoms with Gasteiger partial charge in [0.2, 0.25) is 5.91 Å². The SMILES string of the molecule is O=C(CNc1cccc(OS(=O)(=O)c2ccccc2)c1)Nc1ccncc1. The van der Waals surface area contributed by atoms with E-state index in [1.54, 1.807) is 54.9 Å². The maximum absolute atomic E-state index is 12.3. The van der Waals surface area contributed by atoms with Gasteiger partial charge in [0, 0.05) is 29.8 Å². The van der Waals surface area contributed by atoms with Gasteiger partial charge in [-0.25, -0.2) is 0 Å². The molecule has 0 unspecified atom stereocenters. The van der Waals surface area contributed by atoms with Gasteiger partial charge in [0.25, 0.3) is 0 Å². The van der Waals surface area contributed by atoms with Crippen molar-refractivity contribution >= 4 is 27.4 Å². The summed E-state index contributed by atoms with van der Waals surface area (Å²) in [5.41, 5.74) is 1.20. The molecule has 0 radical (unpaired) electrons. The molecule has 8 heteroatoms. The molecular formula is C19H17N3O4S. The van der Waals surface area contributed by atoms with E-state index in [0.29, 0.717) is 11.4 Å². The largest absolute Gasteiger partial charge is 0.379 e. The fourth-order valence-electron chi connectivity index (χ4n) is 2.24. The first kappa shape index (κ1) is 18.4. The lowest BCUT2D eigenvalue weighted by atomic mass is 10.3. The van der Waals surface area contributed by atoms with Gasteiger partial charge >= 0.3 is 10.1 Å². The quantitative estimate of drug-likeness (QED) is 0.609. The highest BCUT2D eigenvalue weighted by Gasteiger charge is 2.16. The van der Waals surface area contributed by atoms with E-state index >= 15 is 0 Å². The fraction of sp³-hybridized carbons (Fsp3) is 0.0526. The summed E-state index contributed by atoms with van der Waals surface area (Å²) >= 11 is 0. The Labute approximate surface area is 157 Å². The summed E-state index contributed by atoms with van der Waals surface area (Å²) in [5, 5.41) is 5.65. The summed E-state index contributed by atoms with van der Waals surface area (Å²) in [7, 11) is -3.92. The maximum atomic E-state index is 12.3. The number of benzene rings is 2. The highest BCUT2D eigenvalue weighted by Crippen LogP contribution is 2.22. The Morgan fingerprint density at radius 1 is 0.926 bits per heavy atom. The van der Waals surface area contributed by atoms with Gasteiger partial charge < -0.3 is 14.8 Å². The van der Waals surface area contributed by atoms with Gasteiger partial charge in [-0.3, -0.25) is 9.78 Å². The van der Waals surface area contributed by atoms with E-state index in [1.807, 2.05) is 0 Å². The number of hydrogen-bond donors (Lipinski definition) is 2. The van der Waals surface area contributed by atoms with Crippen LogP contribution in [0.4, 0.5) is 11.4 Å². The topological polar surface area (TPSA) is 97.4 Å². The lowest BCUT2D eigenvalue weighted by Crippen LogP contribution is -2.21. The number of nitrogens with zero attached hydrogens (tertiary/aromatic N) is 1. The van der Waals surface area contributed by atoms with Gasteiger partial charge in [-0.05, 0) is 36.4 Å². The number of nitrogens with one attached hydrogen (secondary N) is 2. The van der Waals surface area contributed by atoms with Gasteiger partial charge in [-0.2, -0.15) is 8.42 Å². The van der Waals surface area contributed by atoms with Crippen molar-refractivity contribution in [3.8, 4) is 5.75 Å². The third-order valence-corrected chi connectivity index (χ3v) is 4.75. The Bertz CT molecular complexity index is 1010. The zero-order chi connectivity index (χ0) is 19.1. The molecule has 0 fully saturated rings. The van der Waals surface area contributed by atoms with Crippen LogP contribution in [-0.2, 0) is 14.9 Å². The molecule has 0 spiro atoms. The number of rotatable bonds is 7. The van der Waals surface area contributed by atoms with Gasteiger partial charge in [0.05, 0.1) is 6.54 Å². The molecule has 2 aromatic carbocycles. The van der Waals surface area contributed by atoms with E-state index in [0.717, 1.165) is 0 Å². The minimum absolute atomic E-state index is 0.0111. The van der Waals surface area contributed by atoms with E-state index in [-0.39, 0.29) is 23.1 Å². The minimum Gasteiger partial charge on any atom is -0.379 e. The molecular weight excluding hydrogens is 366 g/mol. The first-order chi connectivity index (χ1) is 13.0. The van der Waals surface area contributed by atoms with E-state index in [9.17, 15) is 13.2 Å². The van der Waals surface area contributed by atoms with Gasteiger partial charge in [-0.15, -0.1) is 0 Å². The first-order valence-electron chi connectivity index (χ1n) is 8.06. The summed E-state index contributed by atoms with van der Waals surface area (Å²) in [6, 6.07) is 17.6. The Hall–Kier alpha value is -3.39. The number of amides is 1. The zero-order valence-electron chi connectivity index (χ0n) is 14.2. The Morgan fingerprint density at radius 2 is 1.67 bits per heavy atom. The molecule has 0 aliphatic heterocycles. The van der Waals surface area contributed by atoms with Crippen LogP contribution >= 0.6 is 0 Å². The predicted octanol–water partition coefficient (Wildman–Crippen LogP) is 2.90. The molecule has 1 heterocycles. The number of aromatic nitrogens is 1. The first-order valence-corrected chi connectivity index (χ1v) is 9.47. The molecule has 0 saturated heterocycles. The van der Waals surface area contributed by atoms with Crippen molar-refractivity contribution in [2.75, 3.05) is 17.2 Å². The molecule has 0 aliphatic carbocycles. The maximum Gasteiger partial charge on any atom is 0.339 e. The second-order valence-corrected chi connectivity index (χ2v) is 7.06. The van der Waals surface area contributed by atoms with Crippen molar-refractivity contribution in [1.82, 2.24) is 4.98 Å². The number of carbonyl (C=O) groups excluding carboxylic acids is 1. The monoisotopic (exact) mass is 383 g/mol. The van der Waals surface area contributed by atoms with Crippen LogP contribution in [0.15, 0.2) is 84.0 Å². The molecule has 0 saturated carbocycles. The average molecular weight is 383 g/mol. The number of carbonyl (C=O) groups is 1. The standard InChI is InChI=1S/C19H17N3O4S/c23-19(22-15-9-11-20-12-10-15)14-21-16-5-4-6-17(13-16)26-27(24,25)18-7-2-1-3-8-18/h1-13,21H,14H2,(H,20,22,23). The van der Waals surface area contributed by atoms with E-state index in [4.69, 9.17) is 4.18 Å². The Kier molecular flexibility index (Phi) is 5.68. The van der Waals surface area contributed by atoms with Crippen molar-refractivity contribution in [3.05, 3.63) is 79.1 Å². The molecule has 27 heavy (non-hydrogen) atoms. The normalized spacial score (nSPS) is 10.8. The molecule has 2 N–H and O–H groups in total. The molecule has 0 aliphatic rings. The molecule has 3 rings (SSSR count). The summed E-state index contributed by atoms with van der Waals surface area (Å²) in [6.07, 6.45) is 3.16. The lowest BCUT2D eigenvalue weighted by molar-refractivity contribution is -0.114. The van der Waals surface area contributed by atoms with Gasteiger partial charge in [-0.1, -0.05) is 24.3 Å². The van der Waals surface area contributed by atoms with Crippen LogP contribution in [0.25, 0.3) is 0 Å². The average Bonchev–Trinajstić information content (AvgIpc) is 2.68. The van der Waals surface area contributed by atoms with Crippen LogP contribution in [0.5, 0.6) is 5.75 Å². The fourth-order valence-corrected chi connectivity index (χ4v) is 3.19. The number of pyridine rings is 1. The highest BCUT2D eigenvalue weighted by atomic mass is 32.2. The molecule has 138 valence electrons. The summed E-state index contributed by atoms with van der Waals surface area (Å²) in [6.45, 7) is 0.0111. The van der Waals surface area contributed by atoms with Crippen LogP contribution in [0, 0.1) is 0 Å². The van der Waals surface area contributed by atoms with Crippen LogP contribution in [-0.4, -0.2) is 25.9 Å². The zero-order valence-corrected chi connectivity index (χ0v) is 15.0. The summed E-state index contributed by atoms with van der Waals surface area (Å²) in [5.74, 6) is -0.0946. The van der Waals surface area contributed by atoms with Crippen molar-refractivity contribution in [1.29, 1.82) is 0 Å². The third-order valence-electron chi connectivity index (χ3n) is 3.49. The Balaban J connectivity index is 1.61. The molecule has 1 aromatic heterocycles. The smallest absolute Gasteiger partial charge is 0.339 e. The van der Waals surface area contributed by atoms with Crippen LogP contribution < -0.4 is 14.8 Å². The van der Waals surface area contributed by atoms with E-state index in [1.165, 1.54) is 24.3 Å². The van der Waals surface area contributed by atoms with Crippen molar-refractivity contribution < 1.29 is 17.4 Å². The lowest BCUT2D eigenvalue weighted by Gasteiger charge is -2.10.